The molecule has 1 atom stereocenters. The fourth-order valence-corrected chi connectivity index (χ4v) is 2.70. The molecule has 1 aliphatic rings. The number of rotatable bonds is 6. The predicted octanol–water partition coefficient (Wildman–Crippen LogP) is 1.96. The number of nitrogens with one attached hydrogen (secondary N) is 1. The Morgan fingerprint density at radius 2 is 2.41 bits per heavy atom. The van der Waals surface area contributed by atoms with Gasteiger partial charge in [0.1, 0.15) is 5.82 Å². The summed E-state index contributed by atoms with van der Waals surface area (Å²) in [5.74, 6) is 2.00. The van der Waals surface area contributed by atoms with E-state index in [0.717, 1.165) is 30.8 Å². The van der Waals surface area contributed by atoms with Crippen LogP contribution in [0.4, 0.5) is 5.82 Å². The highest BCUT2D eigenvalue weighted by molar-refractivity contribution is 5.69. The van der Waals surface area contributed by atoms with Crippen LogP contribution < -0.4 is 5.32 Å². The number of nitrogens with zero attached hydrogens (tertiary/aromatic N) is 4. The molecule has 7 nitrogen and oxygen atoms in total. The Labute approximate surface area is 129 Å². The maximum Gasteiger partial charge on any atom is 0.244 e. The minimum atomic E-state index is 0.225. The van der Waals surface area contributed by atoms with E-state index in [1.165, 1.54) is 0 Å². The SMILES string of the molecule is COCCNc1ncccc1-c1noc(C2CCCN2C)n1. The van der Waals surface area contributed by atoms with Crippen molar-refractivity contribution in [2.24, 2.45) is 0 Å². The van der Waals surface area contributed by atoms with Crippen LogP contribution in [0.25, 0.3) is 11.4 Å². The summed E-state index contributed by atoms with van der Waals surface area (Å²) < 4.78 is 10.5. The van der Waals surface area contributed by atoms with Gasteiger partial charge in [-0.1, -0.05) is 5.16 Å². The molecule has 1 fully saturated rings. The van der Waals surface area contributed by atoms with Gasteiger partial charge in [0.2, 0.25) is 11.7 Å². The first-order chi connectivity index (χ1) is 10.8. The summed E-state index contributed by atoms with van der Waals surface area (Å²) in [6.07, 6.45) is 3.96. The summed E-state index contributed by atoms with van der Waals surface area (Å²) in [6, 6.07) is 4.03. The highest BCUT2D eigenvalue weighted by Gasteiger charge is 2.28. The first-order valence-corrected chi connectivity index (χ1v) is 7.51. The average Bonchev–Trinajstić information content (AvgIpc) is 3.16. The summed E-state index contributed by atoms with van der Waals surface area (Å²) in [5.41, 5.74) is 0.842. The molecule has 0 spiro atoms. The maximum absolute atomic E-state index is 5.47. The molecule has 0 radical (unpaired) electrons. The van der Waals surface area contributed by atoms with E-state index >= 15 is 0 Å². The van der Waals surface area contributed by atoms with Crippen LogP contribution in [0.1, 0.15) is 24.8 Å². The second-order valence-corrected chi connectivity index (χ2v) is 5.41. The Morgan fingerprint density at radius 3 is 3.18 bits per heavy atom. The van der Waals surface area contributed by atoms with Crippen LogP contribution in [0.3, 0.4) is 0 Å². The molecule has 1 unspecified atom stereocenters. The molecule has 22 heavy (non-hydrogen) atoms. The largest absolute Gasteiger partial charge is 0.383 e. The molecule has 0 aliphatic carbocycles. The fourth-order valence-electron chi connectivity index (χ4n) is 2.70. The van der Waals surface area contributed by atoms with Crippen LogP contribution in [0.15, 0.2) is 22.9 Å². The molecule has 1 aliphatic heterocycles. The molecule has 7 heteroatoms. The van der Waals surface area contributed by atoms with Crippen LogP contribution in [0, 0.1) is 0 Å². The van der Waals surface area contributed by atoms with Gasteiger partial charge in [-0.3, -0.25) is 4.90 Å². The molecular formula is C15H21N5O2. The predicted molar refractivity (Wildman–Crippen MR) is 82.5 cm³/mol. The van der Waals surface area contributed by atoms with E-state index < -0.39 is 0 Å². The zero-order valence-corrected chi connectivity index (χ0v) is 13.0. The third kappa shape index (κ3) is 3.10. The second-order valence-electron chi connectivity index (χ2n) is 5.41. The molecule has 2 aromatic rings. The standard InChI is InChI=1S/C15H21N5O2/c1-20-9-4-6-12(20)15-18-14(19-22-15)11-5-3-7-16-13(11)17-8-10-21-2/h3,5,7,12H,4,6,8-10H2,1-2H3,(H,16,17). The minimum absolute atomic E-state index is 0.225. The first kappa shape index (κ1) is 14.9. The lowest BCUT2D eigenvalue weighted by Gasteiger charge is -2.14. The van der Waals surface area contributed by atoms with E-state index in [0.29, 0.717) is 24.9 Å². The molecule has 2 aromatic heterocycles. The number of pyridine rings is 1. The summed E-state index contributed by atoms with van der Waals surface area (Å²) in [5, 5.41) is 7.36. The average molecular weight is 303 g/mol. The lowest BCUT2D eigenvalue weighted by molar-refractivity contribution is 0.210. The molecule has 3 rings (SSSR count). The topological polar surface area (TPSA) is 76.3 Å². The molecule has 3 heterocycles. The third-order valence-corrected chi connectivity index (χ3v) is 3.89. The molecule has 0 amide bonds. The Morgan fingerprint density at radius 1 is 1.50 bits per heavy atom. The second kappa shape index (κ2) is 6.85. The Balaban J connectivity index is 1.81. The van der Waals surface area contributed by atoms with Crippen molar-refractivity contribution < 1.29 is 9.26 Å². The number of hydrogen-bond donors (Lipinski definition) is 1. The number of likely N-dealkylation sites (tertiary alicyclic amines) is 1. The smallest absolute Gasteiger partial charge is 0.244 e. The number of ether oxygens (including phenoxy) is 1. The quantitative estimate of drug-likeness (QED) is 0.817. The Kier molecular flexibility index (Phi) is 4.65. The summed E-state index contributed by atoms with van der Waals surface area (Å²) in [6.45, 7) is 2.36. The summed E-state index contributed by atoms with van der Waals surface area (Å²) in [4.78, 5) is 11.2. The zero-order valence-electron chi connectivity index (χ0n) is 13.0. The van der Waals surface area contributed by atoms with Crippen molar-refractivity contribution >= 4 is 5.82 Å². The van der Waals surface area contributed by atoms with Gasteiger partial charge in [-0.25, -0.2) is 4.98 Å². The first-order valence-electron chi connectivity index (χ1n) is 7.51. The zero-order chi connectivity index (χ0) is 15.4. The van der Waals surface area contributed by atoms with Gasteiger partial charge >= 0.3 is 0 Å². The van der Waals surface area contributed by atoms with Crippen LogP contribution >= 0.6 is 0 Å². The highest BCUT2D eigenvalue weighted by atomic mass is 16.5. The van der Waals surface area contributed by atoms with E-state index in [1.54, 1.807) is 13.3 Å². The lowest BCUT2D eigenvalue weighted by atomic mass is 10.2. The third-order valence-electron chi connectivity index (χ3n) is 3.89. The lowest BCUT2D eigenvalue weighted by Crippen LogP contribution is -2.17. The van der Waals surface area contributed by atoms with Crippen molar-refractivity contribution in [3.8, 4) is 11.4 Å². The molecule has 1 N–H and O–H groups in total. The molecular weight excluding hydrogens is 282 g/mol. The fraction of sp³-hybridized carbons (Fsp3) is 0.533. The van der Waals surface area contributed by atoms with E-state index in [4.69, 9.17) is 9.26 Å². The number of hydrogen-bond acceptors (Lipinski definition) is 7. The Hall–Kier alpha value is -1.99. The van der Waals surface area contributed by atoms with E-state index in [9.17, 15) is 0 Å². The van der Waals surface area contributed by atoms with Crippen molar-refractivity contribution in [1.29, 1.82) is 0 Å². The van der Waals surface area contributed by atoms with Crippen molar-refractivity contribution in [3.05, 3.63) is 24.2 Å². The van der Waals surface area contributed by atoms with Crippen LogP contribution in [-0.4, -0.2) is 53.9 Å². The van der Waals surface area contributed by atoms with Crippen molar-refractivity contribution in [3.63, 3.8) is 0 Å². The molecule has 0 aromatic carbocycles. The Bertz CT molecular complexity index is 615. The minimum Gasteiger partial charge on any atom is -0.383 e. The van der Waals surface area contributed by atoms with Gasteiger partial charge in [0.25, 0.3) is 0 Å². The van der Waals surface area contributed by atoms with Crippen molar-refractivity contribution in [1.82, 2.24) is 20.0 Å². The molecule has 1 saturated heterocycles. The summed E-state index contributed by atoms with van der Waals surface area (Å²) in [7, 11) is 3.76. The molecule has 0 saturated carbocycles. The summed E-state index contributed by atoms with van der Waals surface area (Å²) >= 11 is 0. The molecule has 118 valence electrons. The normalized spacial score (nSPS) is 18.7. The van der Waals surface area contributed by atoms with Crippen LogP contribution in [0.2, 0.25) is 0 Å². The maximum atomic E-state index is 5.47. The van der Waals surface area contributed by atoms with Crippen LogP contribution in [0.5, 0.6) is 0 Å². The number of methoxy groups -OCH3 is 1. The van der Waals surface area contributed by atoms with Gasteiger partial charge in [0, 0.05) is 19.9 Å². The van der Waals surface area contributed by atoms with Gasteiger partial charge in [0.15, 0.2) is 0 Å². The van der Waals surface area contributed by atoms with Gasteiger partial charge in [-0.2, -0.15) is 4.98 Å². The molecule has 0 bridgehead atoms. The highest BCUT2D eigenvalue weighted by Crippen LogP contribution is 2.31. The number of anilines is 1. The van der Waals surface area contributed by atoms with Gasteiger partial charge in [-0.05, 0) is 38.6 Å². The van der Waals surface area contributed by atoms with E-state index in [1.807, 2.05) is 12.1 Å². The van der Waals surface area contributed by atoms with Gasteiger partial charge in [0.05, 0.1) is 18.2 Å². The van der Waals surface area contributed by atoms with Crippen molar-refractivity contribution in [2.45, 2.75) is 18.9 Å². The van der Waals surface area contributed by atoms with E-state index in [-0.39, 0.29) is 6.04 Å². The van der Waals surface area contributed by atoms with E-state index in [2.05, 4.69) is 32.4 Å². The van der Waals surface area contributed by atoms with Crippen molar-refractivity contribution in [2.75, 3.05) is 39.2 Å². The number of aromatic nitrogens is 3. The monoisotopic (exact) mass is 303 g/mol. The van der Waals surface area contributed by atoms with Gasteiger partial charge < -0.3 is 14.6 Å². The van der Waals surface area contributed by atoms with Crippen LogP contribution in [-0.2, 0) is 4.74 Å². The van der Waals surface area contributed by atoms with Gasteiger partial charge in [-0.15, -0.1) is 0 Å².